The molecule has 5 nitrogen and oxygen atoms in total. The first-order valence-corrected chi connectivity index (χ1v) is 7.04. The van der Waals surface area contributed by atoms with Crippen LogP contribution in [-0.2, 0) is 6.42 Å². The molecule has 3 N–H and O–H groups in total. The van der Waals surface area contributed by atoms with E-state index in [2.05, 4.69) is 48.1 Å². The minimum absolute atomic E-state index is 0.687. The molecular formula is C14H27N5. The zero-order valence-electron chi connectivity index (χ0n) is 12.8. The third-order valence-electron chi connectivity index (χ3n) is 3.18. The molecule has 1 aromatic heterocycles. The topological polar surface area (TPSA) is 67.1 Å². The van der Waals surface area contributed by atoms with Crippen LogP contribution in [-0.4, -0.2) is 23.6 Å². The van der Waals surface area contributed by atoms with Crippen molar-refractivity contribution in [3.8, 4) is 0 Å². The van der Waals surface area contributed by atoms with Gasteiger partial charge in [0.1, 0.15) is 17.5 Å². The molecule has 5 heteroatoms. The summed E-state index contributed by atoms with van der Waals surface area (Å²) in [6.07, 6.45) is 3.05. The molecule has 1 heterocycles. The van der Waals surface area contributed by atoms with E-state index in [1.54, 1.807) is 0 Å². The molecule has 1 rings (SSSR count). The van der Waals surface area contributed by atoms with Gasteiger partial charge in [-0.15, -0.1) is 0 Å². The number of nitrogens with one attached hydrogen (secondary N) is 1. The fourth-order valence-electron chi connectivity index (χ4n) is 1.96. The third-order valence-corrected chi connectivity index (χ3v) is 3.18. The van der Waals surface area contributed by atoms with Crippen molar-refractivity contribution in [2.45, 2.75) is 47.0 Å². The Balaban J connectivity index is 2.99. The van der Waals surface area contributed by atoms with E-state index in [9.17, 15) is 0 Å². The standard InChI is InChI=1S/C14H27N5/c1-6-7-12-16-13(18-15)11(4)14(17-12)19(5)9-8-10(2)3/h10H,6-9,15H2,1-5H3,(H,16,17,18). The molecule has 0 saturated carbocycles. The van der Waals surface area contributed by atoms with Gasteiger partial charge >= 0.3 is 0 Å². The predicted octanol–water partition coefficient (Wildman–Crippen LogP) is 2.51. The van der Waals surface area contributed by atoms with Crippen LogP contribution in [0.3, 0.4) is 0 Å². The number of nitrogens with zero attached hydrogens (tertiary/aromatic N) is 3. The van der Waals surface area contributed by atoms with Gasteiger partial charge in [0.15, 0.2) is 0 Å². The van der Waals surface area contributed by atoms with E-state index in [1.807, 2.05) is 6.92 Å². The summed E-state index contributed by atoms with van der Waals surface area (Å²) in [5, 5.41) is 0. The van der Waals surface area contributed by atoms with E-state index in [-0.39, 0.29) is 0 Å². The van der Waals surface area contributed by atoms with Crippen LogP contribution >= 0.6 is 0 Å². The Morgan fingerprint density at radius 2 is 2.00 bits per heavy atom. The van der Waals surface area contributed by atoms with Crippen LogP contribution in [0.15, 0.2) is 0 Å². The van der Waals surface area contributed by atoms with Gasteiger partial charge in [0.25, 0.3) is 0 Å². The minimum Gasteiger partial charge on any atom is -0.359 e. The first kappa shape index (κ1) is 15.7. The SMILES string of the molecule is CCCc1nc(NN)c(C)c(N(C)CCC(C)C)n1. The molecule has 0 saturated heterocycles. The maximum absolute atomic E-state index is 5.55. The second kappa shape index (κ2) is 7.28. The van der Waals surface area contributed by atoms with Crippen LogP contribution in [0.5, 0.6) is 0 Å². The molecule has 0 radical (unpaired) electrons. The molecule has 0 spiro atoms. The summed E-state index contributed by atoms with van der Waals surface area (Å²) < 4.78 is 0. The number of aromatic nitrogens is 2. The summed E-state index contributed by atoms with van der Waals surface area (Å²) in [4.78, 5) is 11.3. The molecule has 0 atom stereocenters. The molecule has 0 unspecified atom stereocenters. The lowest BCUT2D eigenvalue weighted by Crippen LogP contribution is -2.24. The summed E-state index contributed by atoms with van der Waals surface area (Å²) in [5.41, 5.74) is 3.68. The lowest BCUT2D eigenvalue weighted by atomic mass is 10.1. The van der Waals surface area contributed by atoms with Crippen molar-refractivity contribution in [1.82, 2.24) is 9.97 Å². The molecular weight excluding hydrogens is 238 g/mol. The Hall–Kier alpha value is -1.36. The zero-order valence-corrected chi connectivity index (χ0v) is 12.8. The minimum atomic E-state index is 0.687. The highest BCUT2D eigenvalue weighted by Gasteiger charge is 2.13. The van der Waals surface area contributed by atoms with E-state index in [0.717, 1.165) is 48.8 Å². The Kier molecular flexibility index (Phi) is 6.02. The van der Waals surface area contributed by atoms with Crippen molar-refractivity contribution < 1.29 is 0 Å². The van der Waals surface area contributed by atoms with Crippen molar-refractivity contribution in [3.63, 3.8) is 0 Å². The second-order valence-electron chi connectivity index (χ2n) is 5.44. The van der Waals surface area contributed by atoms with Crippen LogP contribution in [0.4, 0.5) is 11.6 Å². The fraction of sp³-hybridized carbons (Fsp3) is 0.714. The Morgan fingerprint density at radius 1 is 1.32 bits per heavy atom. The van der Waals surface area contributed by atoms with Gasteiger partial charge in [-0.3, -0.25) is 0 Å². The molecule has 108 valence electrons. The van der Waals surface area contributed by atoms with Crippen molar-refractivity contribution in [1.29, 1.82) is 0 Å². The zero-order chi connectivity index (χ0) is 14.4. The maximum atomic E-state index is 5.55. The van der Waals surface area contributed by atoms with Gasteiger partial charge in [-0.25, -0.2) is 15.8 Å². The first-order chi connectivity index (χ1) is 8.99. The van der Waals surface area contributed by atoms with Gasteiger partial charge in [-0.05, 0) is 25.7 Å². The molecule has 0 fully saturated rings. The highest BCUT2D eigenvalue weighted by molar-refractivity contribution is 5.57. The van der Waals surface area contributed by atoms with Gasteiger partial charge in [-0.1, -0.05) is 20.8 Å². The van der Waals surface area contributed by atoms with Crippen LogP contribution in [0, 0.1) is 12.8 Å². The van der Waals surface area contributed by atoms with Crippen LogP contribution in [0.25, 0.3) is 0 Å². The van der Waals surface area contributed by atoms with Crippen molar-refractivity contribution in [2.75, 3.05) is 23.9 Å². The summed E-state index contributed by atoms with van der Waals surface area (Å²) in [6.45, 7) is 9.59. The van der Waals surface area contributed by atoms with Gasteiger partial charge in [0, 0.05) is 25.6 Å². The summed E-state index contributed by atoms with van der Waals surface area (Å²) in [7, 11) is 2.08. The number of anilines is 2. The number of nitrogens with two attached hydrogens (primary N) is 1. The predicted molar refractivity (Wildman–Crippen MR) is 81.3 cm³/mol. The van der Waals surface area contributed by atoms with Crippen molar-refractivity contribution in [3.05, 3.63) is 11.4 Å². The largest absolute Gasteiger partial charge is 0.359 e. The van der Waals surface area contributed by atoms with E-state index in [4.69, 9.17) is 5.84 Å². The summed E-state index contributed by atoms with van der Waals surface area (Å²) in [5.74, 6) is 8.79. The Labute approximate surface area is 116 Å². The smallest absolute Gasteiger partial charge is 0.148 e. The van der Waals surface area contributed by atoms with Gasteiger partial charge < -0.3 is 10.3 Å². The lowest BCUT2D eigenvalue weighted by molar-refractivity contribution is 0.582. The number of aryl methyl sites for hydroxylation is 1. The van der Waals surface area contributed by atoms with E-state index >= 15 is 0 Å². The number of nitrogen functional groups attached to an aromatic ring is 1. The average Bonchev–Trinajstić information content (AvgIpc) is 2.38. The first-order valence-electron chi connectivity index (χ1n) is 7.04. The maximum Gasteiger partial charge on any atom is 0.148 e. The molecule has 0 aliphatic rings. The summed E-state index contributed by atoms with van der Waals surface area (Å²) >= 11 is 0. The Bertz CT molecular complexity index is 403. The van der Waals surface area contributed by atoms with Crippen LogP contribution in [0.2, 0.25) is 0 Å². The van der Waals surface area contributed by atoms with E-state index in [1.165, 1.54) is 0 Å². The van der Waals surface area contributed by atoms with Crippen molar-refractivity contribution >= 4 is 11.6 Å². The van der Waals surface area contributed by atoms with Crippen LogP contribution < -0.4 is 16.2 Å². The van der Waals surface area contributed by atoms with Crippen LogP contribution in [0.1, 0.15) is 45.0 Å². The van der Waals surface area contributed by atoms with E-state index < -0.39 is 0 Å². The quantitative estimate of drug-likeness (QED) is 0.585. The molecule has 0 aliphatic carbocycles. The average molecular weight is 265 g/mol. The number of hydrazine groups is 1. The third kappa shape index (κ3) is 4.35. The number of hydrogen-bond acceptors (Lipinski definition) is 5. The van der Waals surface area contributed by atoms with Gasteiger partial charge in [0.2, 0.25) is 0 Å². The number of hydrogen-bond donors (Lipinski definition) is 2. The highest BCUT2D eigenvalue weighted by atomic mass is 15.3. The molecule has 0 amide bonds. The molecule has 19 heavy (non-hydrogen) atoms. The second-order valence-corrected chi connectivity index (χ2v) is 5.44. The molecule has 1 aromatic rings. The Morgan fingerprint density at radius 3 is 2.53 bits per heavy atom. The van der Waals surface area contributed by atoms with Gasteiger partial charge in [-0.2, -0.15) is 0 Å². The lowest BCUT2D eigenvalue weighted by Gasteiger charge is -2.22. The van der Waals surface area contributed by atoms with Crippen molar-refractivity contribution in [2.24, 2.45) is 11.8 Å². The monoisotopic (exact) mass is 265 g/mol. The molecule has 0 bridgehead atoms. The molecule has 0 aliphatic heterocycles. The fourth-order valence-corrected chi connectivity index (χ4v) is 1.96. The van der Waals surface area contributed by atoms with Gasteiger partial charge in [0.05, 0.1) is 0 Å². The normalized spacial score (nSPS) is 10.9. The molecule has 0 aromatic carbocycles. The number of rotatable bonds is 7. The highest BCUT2D eigenvalue weighted by Crippen LogP contribution is 2.23. The van der Waals surface area contributed by atoms with E-state index in [0.29, 0.717) is 5.92 Å². The summed E-state index contributed by atoms with van der Waals surface area (Å²) in [6, 6.07) is 0.